The lowest BCUT2D eigenvalue weighted by molar-refractivity contribution is -0.148. The average Bonchev–Trinajstić information content (AvgIpc) is 2.97. The standard InChI is InChI=1S/C25H37F2NO4/c1-19(10-9-13-20-11-5-4-6-12-20)22(29)16-15-21-18-25(26,27)24(32)28(21)17-8-3-2-7-14-23(30)31/h4-6,11-12,19,21-22,29H,2-3,7-10,13-18H2,1H3,(H,30,31)/t19?,21-,22?/m0/s1. The van der Waals surface area contributed by atoms with Gasteiger partial charge in [-0.1, -0.05) is 50.1 Å². The Labute approximate surface area is 189 Å². The number of rotatable bonds is 15. The first-order chi connectivity index (χ1) is 15.2. The van der Waals surface area contributed by atoms with Crippen molar-refractivity contribution in [1.82, 2.24) is 4.90 Å². The zero-order valence-corrected chi connectivity index (χ0v) is 19.0. The molecule has 1 saturated heterocycles. The van der Waals surface area contributed by atoms with Gasteiger partial charge in [-0.2, -0.15) is 8.78 Å². The SMILES string of the molecule is CC(CCCc1ccccc1)C(O)CC[C@H]1CC(F)(F)C(=O)N1CCCCCCC(=O)O. The molecule has 180 valence electrons. The van der Waals surface area contributed by atoms with E-state index in [-0.39, 0.29) is 18.9 Å². The Morgan fingerprint density at radius 1 is 1.12 bits per heavy atom. The van der Waals surface area contributed by atoms with E-state index < -0.39 is 36.4 Å². The Kier molecular flexibility index (Phi) is 10.6. The van der Waals surface area contributed by atoms with Gasteiger partial charge < -0.3 is 15.1 Å². The number of amides is 1. The second-order valence-corrected chi connectivity index (χ2v) is 9.12. The number of benzene rings is 1. The van der Waals surface area contributed by atoms with Crippen LogP contribution in [0.2, 0.25) is 0 Å². The fourth-order valence-electron chi connectivity index (χ4n) is 4.44. The predicted octanol–water partition coefficient (Wildman–Crippen LogP) is 5.06. The molecule has 1 aliphatic rings. The molecule has 1 aliphatic heterocycles. The monoisotopic (exact) mass is 453 g/mol. The van der Waals surface area contributed by atoms with E-state index in [1.165, 1.54) is 10.5 Å². The minimum atomic E-state index is -3.33. The summed E-state index contributed by atoms with van der Waals surface area (Å²) in [6, 6.07) is 9.61. The number of carboxylic acid groups (broad SMARTS) is 1. The number of aliphatic hydroxyl groups is 1. The van der Waals surface area contributed by atoms with Gasteiger partial charge in [0.1, 0.15) is 0 Å². The Bertz CT molecular complexity index is 713. The maximum atomic E-state index is 14.0. The maximum absolute atomic E-state index is 14.0. The molecule has 1 amide bonds. The van der Waals surface area contributed by atoms with E-state index in [2.05, 4.69) is 12.1 Å². The van der Waals surface area contributed by atoms with Crippen LogP contribution in [0.3, 0.4) is 0 Å². The molecular formula is C25H37F2NO4. The summed E-state index contributed by atoms with van der Waals surface area (Å²) >= 11 is 0. The molecule has 1 aromatic carbocycles. The van der Waals surface area contributed by atoms with Crippen LogP contribution in [-0.4, -0.2) is 51.6 Å². The van der Waals surface area contributed by atoms with Crippen molar-refractivity contribution in [1.29, 1.82) is 0 Å². The number of hydrogen-bond donors (Lipinski definition) is 2. The number of aliphatic hydroxyl groups excluding tert-OH is 1. The van der Waals surface area contributed by atoms with Crippen LogP contribution in [-0.2, 0) is 16.0 Å². The molecule has 1 aromatic rings. The van der Waals surface area contributed by atoms with Crippen molar-refractivity contribution >= 4 is 11.9 Å². The number of aliphatic carboxylic acids is 1. The molecule has 3 atom stereocenters. The average molecular weight is 454 g/mol. The molecule has 0 bridgehead atoms. The number of nitrogens with zero attached hydrogens (tertiary/aromatic N) is 1. The molecule has 7 heteroatoms. The molecule has 0 spiro atoms. The first-order valence-corrected chi connectivity index (χ1v) is 11.8. The maximum Gasteiger partial charge on any atom is 0.326 e. The lowest BCUT2D eigenvalue weighted by Gasteiger charge is -2.26. The van der Waals surface area contributed by atoms with E-state index in [0.29, 0.717) is 38.5 Å². The highest BCUT2D eigenvalue weighted by Crippen LogP contribution is 2.36. The van der Waals surface area contributed by atoms with Gasteiger partial charge in [0.15, 0.2) is 0 Å². The highest BCUT2D eigenvalue weighted by molar-refractivity contribution is 5.86. The minimum absolute atomic E-state index is 0.0685. The Morgan fingerprint density at radius 3 is 2.50 bits per heavy atom. The third-order valence-corrected chi connectivity index (χ3v) is 6.47. The zero-order chi connectivity index (χ0) is 23.6. The molecule has 0 saturated carbocycles. The summed E-state index contributed by atoms with van der Waals surface area (Å²) in [5.74, 6) is -5.22. The molecule has 2 rings (SSSR count). The second kappa shape index (κ2) is 12.9. The van der Waals surface area contributed by atoms with Gasteiger partial charge >= 0.3 is 11.9 Å². The van der Waals surface area contributed by atoms with E-state index in [4.69, 9.17) is 5.11 Å². The number of alkyl halides is 2. The molecule has 5 nitrogen and oxygen atoms in total. The lowest BCUT2D eigenvalue weighted by atomic mass is 9.92. The van der Waals surface area contributed by atoms with Gasteiger partial charge in [0.25, 0.3) is 5.91 Å². The molecular weight excluding hydrogens is 416 g/mol. The second-order valence-electron chi connectivity index (χ2n) is 9.12. The lowest BCUT2D eigenvalue weighted by Crippen LogP contribution is -2.37. The van der Waals surface area contributed by atoms with Crippen LogP contribution in [0.4, 0.5) is 8.78 Å². The quantitative estimate of drug-likeness (QED) is 0.364. The van der Waals surface area contributed by atoms with Crippen molar-refractivity contribution in [3.8, 4) is 0 Å². The minimum Gasteiger partial charge on any atom is -0.481 e. The van der Waals surface area contributed by atoms with E-state index in [1.807, 2.05) is 25.1 Å². The van der Waals surface area contributed by atoms with Crippen LogP contribution in [0.1, 0.15) is 76.7 Å². The first-order valence-electron chi connectivity index (χ1n) is 11.8. The molecule has 1 heterocycles. The fourth-order valence-corrected chi connectivity index (χ4v) is 4.44. The van der Waals surface area contributed by atoms with Crippen LogP contribution < -0.4 is 0 Å². The Morgan fingerprint density at radius 2 is 1.81 bits per heavy atom. The van der Waals surface area contributed by atoms with Crippen LogP contribution >= 0.6 is 0 Å². The normalized spacial score (nSPS) is 19.8. The van der Waals surface area contributed by atoms with Gasteiger partial charge in [-0.05, 0) is 56.4 Å². The molecule has 2 unspecified atom stereocenters. The molecule has 0 aromatic heterocycles. The van der Waals surface area contributed by atoms with Gasteiger partial charge in [-0.3, -0.25) is 9.59 Å². The van der Waals surface area contributed by atoms with Crippen LogP contribution in [0, 0.1) is 5.92 Å². The van der Waals surface area contributed by atoms with E-state index in [0.717, 1.165) is 19.3 Å². The number of hydrogen-bond acceptors (Lipinski definition) is 3. The van der Waals surface area contributed by atoms with Crippen molar-refractivity contribution < 1.29 is 28.6 Å². The molecule has 2 N–H and O–H groups in total. The third kappa shape index (κ3) is 8.49. The number of likely N-dealkylation sites (tertiary alicyclic amines) is 1. The summed E-state index contributed by atoms with van der Waals surface area (Å²) in [4.78, 5) is 24.0. The zero-order valence-electron chi connectivity index (χ0n) is 19.0. The first kappa shape index (κ1) is 26.2. The number of unbranched alkanes of at least 4 members (excludes halogenated alkanes) is 3. The van der Waals surface area contributed by atoms with Crippen molar-refractivity contribution in [2.75, 3.05) is 6.54 Å². The van der Waals surface area contributed by atoms with Crippen molar-refractivity contribution in [2.24, 2.45) is 5.92 Å². The Balaban J connectivity index is 1.74. The smallest absolute Gasteiger partial charge is 0.326 e. The van der Waals surface area contributed by atoms with Crippen molar-refractivity contribution in [3.05, 3.63) is 35.9 Å². The molecule has 1 fully saturated rings. The van der Waals surface area contributed by atoms with E-state index in [1.54, 1.807) is 0 Å². The largest absolute Gasteiger partial charge is 0.481 e. The topological polar surface area (TPSA) is 77.8 Å². The van der Waals surface area contributed by atoms with Crippen LogP contribution in [0.15, 0.2) is 30.3 Å². The summed E-state index contributed by atoms with van der Waals surface area (Å²) in [7, 11) is 0. The van der Waals surface area contributed by atoms with Gasteiger partial charge in [-0.15, -0.1) is 0 Å². The highest BCUT2D eigenvalue weighted by Gasteiger charge is 2.52. The number of carboxylic acids is 1. The third-order valence-electron chi connectivity index (χ3n) is 6.47. The molecule has 0 radical (unpaired) electrons. The van der Waals surface area contributed by atoms with Gasteiger partial charge in [0, 0.05) is 25.4 Å². The van der Waals surface area contributed by atoms with E-state index >= 15 is 0 Å². The predicted molar refractivity (Wildman–Crippen MR) is 120 cm³/mol. The van der Waals surface area contributed by atoms with Crippen molar-refractivity contribution in [3.63, 3.8) is 0 Å². The summed E-state index contributed by atoms with van der Waals surface area (Å²) in [6.07, 6.45) is 5.10. The summed E-state index contributed by atoms with van der Waals surface area (Å²) < 4.78 is 28.1. The molecule has 32 heavy (non-hydrogen) atoms. The number of halogens is 2. The van der Waals surface area contributed by atoms with Gasteiger partial charge in [-0.25, -0.2) is 0 Å². The summed E-state index contributed by atoms with van der Waals surface area (Å²) in [5.41, 5.74) is 1.26. The Hall–Kier alpha value is -2.02. The number of carbonyl (C=O) groups excluding carboxylic acids is 1. The molecule has 0 aliphatic carbocycles. The highest BCUT2D eigenvalue weighted by atomic mass is 19.3. The summed E-state index contributed by atoms with van der Waals surface area (Å²) in [6.45, 7) is 2.24. The number of carbonyl (C=O) groups is 2. The van der Waals surface area contributed by atoms with Crippen molar-refractivity contribution in [2.45, 2.75) is 95.6 Å². The van der Waals surface area contributed by atoms with Crippen LogP contribution in [0.25, 0.3) is 0 Å². The summed E-state index contributed by atoms with van der Waals surface area (Å²) in [5, 5.41) is 19.2. The van der Waals surface area contributed by atoms with Gasteiger partial charge in [0.05, 0.1) is 6.10 Å². The van der Waals surface area contributed by atoms with Gasteiger partial charge in [0.2, 0.25) is 0 Å². The van der Waals surface area contributed by atoms with E-state index in [9.17, 15) is 23.5 Å². The van der Waals surface area contributed by atoms with Crippen LogP contribution in [0.5, 0.6) is 0 Å². The fraction of sp³-hybridized carbons (Fsp3) is 0.680. The number of aryl methyl sites for hydroxylation is 1.